The molecule has 154 valence electrons. The molecule has 1 N–H and O–H groups in total. The number of nitrogens with one attached hydrogen (secondary N) is 1. The number of rotatable bonds is 6. The topological polar surface area (TPSA) is 74.1 Å². The number of hydrazone groups is 1. The molecule has 1 aromatic heterocycles. The maximum atomic E-state index is 12.6. The summed E-state index contributed by atoms with van der Waals surface area (Å²) >= 11 is 0. The number of carbonyl (C=O) groups excluding carboxylic acids is 1. The van der Waals surface area contributed by atoms with Gasteiger partial charge in [-0.2, -0.15) is 5.10 Å². The molecule has 30 heavy (non-hydrogen) atoms. The van der Waals surface area contributed by atoms with Crippen molar-refractivity contribution in [1.29, 1.82) is 0 Å². The van der Waals surface area contributed by atoms with Crippen molar-refractivity contribution in [2.24, 2.45) is 5.10 Å². The number of benzene rings is 2. The molecule has 0 saturated carbocycles. The summed E-state index contributed by atoms with van der Waals surface area (Å²) in [6.07, 6.45) is 1.54. The van der Waals surface area contributed by atoms with Gasteiger partial charge in [0.25, 0.3) is 5.91 Å². The van der Waals surface area contributed by atoms with Gasteiger partial charge in [0.15, 0.2) is 11.5 Å². The van der Waals surface area contributed by atoms with Crippen molar-refractivity contribution in [2.45, 2.75) is 20.8 Å². The van der Waals surface area contributed by atoms with Crippen LogP contribution in [0, 0.1) is 13.8 Å². The van der Waals surface area contributed by atoms with Gasteiger partial charge in [0, 0.05) is 34.3 Å². The zero-order valence-corrected chi connectivity index (χ0v) is 17.1. The van der Waals surface area contributed by atoms with Crippen LogP contribution in [0.3, 0.4) is 0 Å². The molecule has 7 nitrogen and oxygen atoms in total. The van der Waals surface area contributed by atoms with Crippen LogP contribution in [0.25, 0.3) is 5.69 Å². The van der Waals surface area contributed by atoms with Crippen LogP contribution in [0.2, 0.25) is 0 Å². The Morgan fingerprint density at radius 2 is 1.87 bits per heavy atom. The van der Waals surface area contributed by atoms with E-state index in [-0.39, 0.29) is 12.7 Å². The van der Waals surface area contributed by atoms with Crippen molar-refractivity contribution >= 4 is 12.1 Å². The number of fused-ring (bicyclic) bond motifs is 1. The smallest absolute Gasteiger partial charge is 0.271 e. The number of hydrogen-bond donors (Lipinski definition) is 1. The minimum atomic E-state index is -0.297. The standard InChI is InChI=1S/C23H23N3O4/c1-4-28-20-12-22-21(29-14-30-22)11-18(20)13-24-25-23(27)17-6-5-7-19(10-17)26-15(2)8-9-16(26)3/h5-13H,4,14H2,1-3H3,(H,25,27)/b24-13+. The van der Waals surface area contributed by atoms with Crippen molar-refractivity contribution in [1.82, 2.24) is 9.99 Å². The van der Waals surface area contributed by atoms with Gasteiger partial charge in [-0.1, -0.05) is 6.07 Å². The van der Waals surface area contributed by atoms with Gasteiger partial charge in [-0.3, -0.25) is 4.79 Å². The van der Waals surface area contributed by atoms with Crippen LogP contribution in [0.1, 0.15) is 34.2 Å². The van der Waals surface area contributed by atoms with Gasteiger partial charge in [0.1, 0.15) is 5.75 Å². The lowest BCUT2D eigenvalue weighted by molar-refractivity contribution is 0.0955. The number of aromatic nitrogens is 1. The first kappa shape index (κ1) is 19.6. The number of amides is 1. The lowest BCUT2D eigenvalue weighted by atomic mass is 10.2. The van der Waals surface area contributed by atoms with Crippen LogP contribution in [0.15, 0.2) is 53.6 Å². The number of nitrogens with zero attached hydrogens (tertiary/aromatic N) is 2. The van der Waals surface area contributed by atoms with E-state index in [2.05, 4.69) is 15.1 Å². The minimum Gasteiger partial charge on any atom is -0.493 e. The molecule has 0 atom stereocenters. The van der Waals surface area contributed by atoms with Gasteiger partial charge in [-0.05, 0) is 57.2 Å². The molecule has 0 aliphatic carbocycles. The van der Waals surface area contributed by atoms with Gasteiger partial charge in [0.2, 0.25) is 6.79 Å². The fraction of sp³-hybridized carbons (Fsp3) is 0.217. The fourth-order valence-electron chi connectivity index (χ4n) is 3.41. The van der Waals surface area contributed by atoms with Crippen LogP contribution in [-0.2, 0) is 0 Å². The van der Waals surface area contributed by atoms with Crippen molar-refractivity contribution < 1.29 is 19.0 Å². The molecule has 0 fully saturated rings. The van der Waals surface area contributed by atoms with E-state index in [4.69, 9.17) is 14.2 Å². The highest BCUT2D eigenvalue weighted by atomic mass is 16.7. The SMILES string of the molecule is CCOc1cc2c(cc1/C=N/NC(=O)c1cccc(-n3c(C)ccc3C)c1)OCO2. The normalized spacial score (nSPS) is 12.4. The summed E-state index contributed by atoms with van der Waals surface area (Å²) < 4.78 is 18.5. The third-order valence-corrected chi connectivity index (χ3v) is 4.81. The van der Waals surface area contributed by atoms with Crippen molar-refractivity contribution in [3.63, 3.8) is 0 Å². The fourth-order valence-corrected chi connectivity index (χ4v) is 3.41. The van der Waals surface area contributed by atoms with Crippen LogP contribution >= 0.6 is 0 Å². The molecule has 0 bridgehead atoms. The highest BCUT2D eigenvalue weighted by Gasteiger charge is 2.17. The quantitative estimate of drug-likeness (QED) is 0.497. The third-order valence-electron chi connectivity index (χ3n) is 4.81. The summed E-state index contributed by atoms with van der Waals surface area (Å²) in [7, 11) is 0. The van der Waals surface area contributed by atoms with E-state index in [1.807, 2.05) is 51.1 Å². The Bertz CT molecular complexity index is 1100. The van der Waals surface area contributed by atoms with E-state index >= 15 is 0 Å². The number of ether oxygens (including phenoxy) is 3. The Labute approximate surface area is 174 Å². The van der Waals surface area contributed by atoms with Crippen LogP contribution in [0.4, 0.5) is 0 Å². The van der Waals surface area contributed by atoms with Crippen LogP contribution in [-0.4, -0.2) is 30.1 Å². The van der Waals surface area contributed by atoms with E-state index in [9.17, 15) is 4.79 Å². The largest absolute Gasteiger partial charge is 0.493 e. The molecule has 0 saturated heterocycles. The highest BCUT2D eigenvalue weighted by Crippen LogP contribution is 2.37. The molecular weight excluding hydrogens is 382 g/mol. The molecule has 0 unspecified atom stereocenters. The van der Waals surface area contributed by atoms with Gasteiger partial charge in [-0.25, -0.2) is 5.43 Å². The molecular formula is C23H23N3O4. The maximum absolute atomic E-state index is 12.6. The summed E-state index contributed by atoms with van der Waals surface area (Å²) in [5.41, 5.74) is 6.93. The molecule has 0 spiro atoms. The molecule has 1 aliphatic heterocycles. The van der Waals surface area contributed by atoms with Gasteiger partial charge in [-0.15, -0.1) is 0 Å². The first-order chi connectivity index (χ1) is 14.6. The van der Waals surface area contributed by atoms with E-state index in [0.717, 1.165) is 17.1 Å². The van der Waals surface area contributed by atoms with Gasteiger partial charge >= 0.3 is 0 Å². The van der Waals surface area contributed by atoms with Crippen LogP contribution in [0.5, 0.6) is 17.2 Å². The first-order valence-electron chi connectivity index (χ1n) is 9.72. The molecule has 1 amide bonds. The summed E-state index contributed by atoms with van der Waals surface area (Å²) in [5.74, 6) is 1.57. The lowest BCUT2D eigenvalue weighted by Crippen LogP contribution is -2.18. The Balaban J connectivity index is 1.52. The Morgan fingerprint density at radius 1 is 1.13 bits per heavy atom. The van der Waals surface area contributed by atoms with Gasteiger partial charge < -0.3 is 18.8 Å². The maximum Gasteiger partial charge on any atom is 0.271 e. The molecule has 1 aliphatic rings. The summed E-state index contributed by atoms with van der Waals surface area (Å²) in [4.78, 5) is 12.6. The third kappa shape index (κ3) is 3.87. The van der Waals surface area contributed by atoms with E-state index in [1.165, 1.54) is 6.21 Å². The van der Waals surface area contributed by atoms with Crippen molar-refractivity contribution in [3.05, 3.63) is 71.0 Å². The Kier molecular flexibility index (Phi) is 5.43. The molecule has 7 heteroatoms. The Hall–Kier alpha value is -3.74. The molecule has 0 radical (unpaired) electrons. The number of aryl methyl sites for hydroxylation is 2. The average molecular weight is 405 g/mol. The average Bonchev–Trinajstić information content (AvgIpc) is 3.33. The molecule has 3 aromatic rings. The molecule has 2 heterocycles. The zero-order chi connectivity index (χ0) is 21.1. The predicted molar refractivity (Wildman–Crippen MR) is 114 cm³/mol. The molecule has 4 rings (SSSR count). The number of hydrogen-bond acceptors (Lipinski definition) is 5. The van der Waals surface area contributed by atoms with Crippen molar-refractivity contribution in [3.8, 4) is 22.9 Å². The van der Waals surface area contributed by atoms with Gasteiger partial charge in [0.05, 0.1) is 12.8 Å². The second-order valence-electron chi connectivity index (χ2n) is 6.88. The Morgan fingerprint density at radius 3 is 2.60 bits per heavy atom. The number of carbonyl (C=O) groups is 1. The molecule has 2 aromatic carbocycles. The van der Waals surface area contributed by atoms with E-state index in [1.54, 1.807) is 18.2 Å². The second kappa shape index (κ2) is 8.32. The first-order valence-corrected chi connectivity index (χ1v) is 9.72. The van der Waals surface area contributed by atoms with E-state index < -0.39 is 0 Å². The van der Waals surface area contributed by atoms with Crippen molar-refractivity contribution in [2.75, 3.05) is 13.4 Å². The van der Waals surface area contributed by atoms with Crippen LogP contribution < -0.4 is 19.6 Å². The predicted octanol–water partition coefficient (Wildman–Crippen LogP) is 3.99. The second-order valence-corrected chi connectivity index (χ2v) is 6.88. The minimum absolute atomic E-state index is 0.176. The lowest BCUT2D eigenvalue weighted by Gasteiger charge is -2.11. The zero-order valence-electron chi connectivity index (χ0n) is 17.1. The summed E-state index contributed by atoms with van der Waals surface area (Å²) in [6.45, 7) is 6.64. The monoisotopic (exact) mass is 405 g/mol. The summed E-state index contributed by atoms with van der Waals surface area (Å²) in [5, 5.41) is 4.11. The van der Waals surface area contributed by atoms with E-state index in [0.29, 0.717) is 35.0 Å². The highest BCUT2D eigenvalue weighted by molar-refractivity contribution is 5.95. The summed E-state index contributed by atoms with van der Waals surface area (Å²) in [6, 6.07) is 15.1.